The van der Waals surface area contributed by atoms with Crippen LogP contribution in [0.1, 0.15) is 12.8 Å². The third kappa shape index (κ3) is 5.38. The molecule has 0 aliphatic carbocycles. The van der Waals surface area contributed by atoms with Crippen LogP contribution >= 0.6 is 12.4 Å². The summed E-state index contributed by atoms with van der Waals surface area (Å²) in [6.45, 7) is 2.57. The maximum Gasteiger partial charge on any atom is 0.208 e. The molecule has 1 aromatic carbocycles. The summed E-state index contributed by atoms with van der Waals surface area (Å²) in [5.74, 6) is 0.458. The number of nitrogens with one attached hydrogen (secondary N) is 1. The summed E-state index contributed by atoms with van der Waals surface area (Å²) in [6, 6.07) is 10.4. The first-order valence-electron chi connectivity index (χ1n) is 6.29. The zero-order valence-corrected chi connectivity index (χ0v) is 12.7. The molecule has 0 spiro atoms. The molecule has 0 amide bonds. The van der Waals surface area contributed by atoms with Gasteiger partial charge in [-0.25, -0.2) is 13.1 Å². The number of halogens is 1. The van der Waals surface area contributed by atoms with E-state index in [9.17, 15) is 8.42 Å². The largest absolute Gasteiger partial charge is 0.372 e. The van der Waals surface area contributed by atoms with Crippen LogP contribution in [0.15, 0.2) is 30.3 Å². The van der Waals surface area contributed by atoms with Crippen LogP contribution in [-0.2, 0) is 10.0 Å². The monoisotopic (exact) mass is 304 g/mol. The first-order chi connectivity index (χ1) is 8.54. The Bertz CT molecular complexity index is 471. The third-order valence-electron chi connectivity index (χ3n) is 3.37. The van der Waals surface area contributed by atoms with Crippen molar-refractivity contribution < 1.29 is 8.42 Å². The van der Waals surface area contributed by atoms with Gasteiger partial charge in [-0.1, -0.05) is 18.2 Å². The molecule has 0 saturated carbocycles. The van der Waals surface area contributed by atoms with E-state index >= 15 is 0 Å². The smallest absolute Gasteiger partial charge is 0.208 e. The quantitative estimate of drug-likeness (QED) is 0.924. The van der Waals surface area contributed by atoms with Crippen molar-refractivity contribution >= 4 is 28.1 Å². The highest BCUT2D eigenvalue weighted by Crippen LogP contribution is 2.22. The molecule has 19 heavy (non-hydrogen) atoms. The van der Waals surface area contributed by atoms with E-state index in [-0.39, 0.29) is 12.4 Å². The van der Waals surface area contributed by atoms with Gasteiger partial charge in [0.2, 0.25) is 10.0 Å². The SMILES string of the molecule is CS(=O)(=O)NCC1CCN(c2ccccc2)CC1.Cl. The zero-order chi connectivity index (χ0) is 13.0. The van der Waals surface area contributed by atoms with E-state index in [1.54, 1.807) is 0 Å². The minimum Gasteiger partial charge on any atom is -0.372 e. The van der Waals surface area contributed by atoms with Gasteiger partial charge < -0.3 is 4.90 Å². The maximum absolute atomic E-state index is 11.0. The molecule has 0 bridgehead atoms. The Balaban J connectivity index is 0.00000180. The number of piperidine rings is 1. The fourth-order valence-electron chi connectivity index (χ4n) is 2.30. The minimum atomic E-state index is -3.05. The molecule has 1 aliphatic heterocycles. The van der Waals surface area contributed by atoms with Gasteiger partial charge in [-0.05, 0) is 30.9 Å². The zero-order valence-electron chi connectivity index (χ0n) is 11.1. The van der Waals surface area contributed by atoms with Crippen LogP contribution < -0.4 is 9.62 Å². The molecule has 1 N–H and O–H groups in total. The predicted octanol–water partition coefficient (Wildman–Crippen LogP) is 1.87. The summed E-state index contributed by atoms with van der Waals surface area (Å²) in [4.78, 5) is 2.36. The van der Waals surface area contributed by atoms with E-state index in [1.165, 1.54) is 11.9 Å². The molecule has 4 nitrogen and oxygen atoms in total. The van der Waals surface area contributed by atoms with E-state index < -0.39 is 10.0 Å². The van der Waals surface area contributed by atoms with Gasteiger partial charge in [-0.15, -0.1) is 12.4 Å². The number of rotatable bonds is 4. The standard InChI is InChI=1S/C13H20N2O2S.ClH/c1-18(16,17)14-11-12-7-9-15(10-8-12)13-5-3-2-4-6-13;/h2-6,12,14H,7-11H2,1H3;1H. The second-order valence-corrected chi connectivity index (χ2v) is 6.72. The lowest BCUT2D eigenvalue weighted by molar-refractivity contribution is 0.402. The molecular weight excluding hydrogens is 284 g/mol. The van der Waals surface area contributed by atoms with E-state index in [1.807, 2.05) is 18.2 Å². The summed E-state index contributed by atoms with van der Waals surface area (Å²) in [5.41, 5.74) is 1.26. The number of sulfonamides is 1. The average molecular weight is 305 g/mol. The predicted molar refractivity (Wildman–Crippen MR) is 81.5 cm³/mol. The van der Waals surface area contributed by atoms with Crippen molar-refractivity contribution in [3.63, 3.8) is 0 Å². The molecule has 6 heteroatoms. The minimum absolute atomic E-state index is 0. The van der Waals surface area contributed by atoms with Gasteiger partial charge in [0.05, 0.1) is 6.26 Å². The first-order valence-corrected chi connectivity index (χ1v) is 8.18. The average Bonchev–Trinajstić information content (AvgIpc) is 2.37. The topological polar surface area (TPSA) is 49.4 Å². The van der Waals surface area contributed by atoms with Gasteiger partial charge >= 0.3 is 0 Å². The summed E-state index contributed by atoms with van der Waals surface area (Å²) in [5, 5.41) is 0. The Kier molecular flexibility index (Phi) is 6.10. The molecule has 0 radical (unpaired) electrons. The summed E-state index contributed by atoms with van der Waals surface area (Å²) in [6.07, 6.45) is 3.29. The fraction of sp³-hybridized carbons (Fsp3) is 0.538. The van der Waals surface area contributed by atoms with E-state index in [0.717, 1.165) is 25.9 Å². The van der Waals surface area contributed by atoms with E-state index in [4.69, 9.17) is 0 Å². The van der Waals surface area contributed by atoms with Gasteiger partial charge in [-0.3, -0.25) is 0 Å². The van der Waals surface area contributed by atoms with Crippen LogP contribution in [0.25, 0.3) is 0 Å². The third-order valence-corrected chi connectivity index (χ3v) is 4.06. The number of hydrogen-bond acceptors (Lipinski definition) is 3. The van der Waals surface area contributed by atoms with Gasteiger partial charge in [0.25, 0.3) is 0 Å². The number of nitrogens with zero attached hydrogens (tertiary/aromatic N) is 1. The number of hydrogen-bond donors (Lipinski definition) is 1. The summed E-state index contributed by atoms with van der Waals surface area (Å²) >= 11 is 0. The highest BCUT2D eigenvalue weighted by Gasteiger charge is 2.19. The van der Waals surface area contributed by atoms with E-state index in [0.29, 0.717) is 12.5 Å². The van der Waals surface area contributed by atoms with Crippen molar-refractivity contribution in [2.24, 2.45) is 5.92 Å². The Morgan fingerprint density at radius 1 is 1.21 bits per heavy atom. The Hall–Kier alpha value is -0.780. The molecule has 1 aromatic rings. The molecule has 0 atom stereocenters. The van der Waals surface area contributed by atoms with Gasteiger partial charge in [0.1, 0.15) is 0 Å². The molecule has 1 saturated heterocycles. The Morgan fingerprint density at radius 2 is 1.79 bits per heavy atom. The lowest BCUT2D eigenvalue weighted by atomic mass is 9.97. The van der Waals surface area contributed by atoms with E-state index in [2.05, 4.69) is 21.8 Å². The molecule has 2 rings (SSSR count). The van der Waals surface area contributed by atoms with Crippen LogP contribution in [-0.4, -0.2) is 34.3 Å². The van der Waals surface area contributed by atoms with Crippen molar-refractivity contribution in [2.45, 2.75) is 12.8 Å². The van der Waals surface area contributed by atoms with Crippen LogP contribution in [0.2, 0.25) is 0 Å². The second-order valence-electron chi connectivity index (χ2n) is 4.89. The molecule has 108 valence electrons. The lowest BCUT2D eigenvalue weighted by Crippen LogP contribution is -2.38. The van der Waals surface area contributed by atoms with Crippen molar-refractivity contribution in [2.75, 3.05) is 30.8 Å². The highest BCUT2D eigenvalue weighted by atomic mass is 35.5. The number of para-hydroxylation sites is 1. The fourth-order valence-corrected chi connectivity index (χ4v) is 2.84. The Morgan fingerprint density at radius 3 is 2.32 bits per heavy atom. The number of benzene rings is 1. The van der Waals surface area contributed by atoms with Crippen LogP contribution in [0.3, 0.4) is 0 Å². The maximum atomic E-state index is 11.0. The lowest BCUT2D eigenvalue weighted by Gasteiger charge is -2.33. The summed E-state index contributed by atoms with van der Waals surface area (Å²) < 4.78 is 24.7. The summed E-state index contributed by atoms with van der Waals surface area (Å²) in [7, 11) is -3.05. The van der Waals surface area contributed by atoms with Crippen LogP contribution in [0, 0.1) is 5.92 Å². The van der Waals surface area contributed by atoms with Crippen molar-refractivity contribution in [1.29, 1.82) is 0 Å². The van der Waals surface area contributed by atoms with Crippen molar-refractivity contribution in [3.8, 4) is 0 Å². The van der Waals surface area contributed by atoms with Gasteiger partial charge in [0, 0.05) is 25.3 Å². The normalized spacial score (nSPS) is 17.0. The van der Waals surface area contributed by atoms with Gasteiger partial charge in [0.15, 0.2) is 0 Å². The molecule has 0 aromatic heterocycles. The van der Waals surface area contributed by atoms with Crippen molar-refractivity contribution in [1.82, 2.24) is 4.72 Å². The first kappa shape index (κ1) is 16.3. The number of anilines is 1. The highest BCUT2D eigenvalue weighted by molar-refractivity contribution is 7.88. The molecular formula is C13H21ClN2O2S. The molecule has 1 heterocycles. The molecule has 1 fully saturated rings. The molecule has 1 aliphatic rings. The second kappa shape index (κ2) is 7.12. The van der Waals surface area contributed by atoms with Crippen LogP contribution in [0.5, 0.6) is 0 Å². The van der Waals surface area contributed by atoms with Gasteiger partial charge in [-0.2, -0.15) is 0 Å². The van der Waals surface area contributed by atoms with Crippen LogP contribution in [0.4, 0.5) is 5.69 Å². The molecule has 0 unspecified atom stereocenters. The van der Waals surface area contributed by atoms with Crippen molar-refractivity contribution in [3.05, 3.63) is 30.3 Å². The Labute approximate surface area is 121 Å².